The molecule has 0 amide bonds. The van der Waals surface area contributed by atoms with Gasteiger partial charge in [-0.3, -0.25) is 14.6 Å². The molecule has 122 valence electrons. The van der Waals surface area contributed by atoms with Gasteiger partial charge in [0.1, 0.15) is 5.76 Å². The van der Waals surface area contributed by atoms with Crippen molar-refractivity contribution in [2.24, 2.45) is 5.92 Å². The standard InChI is InChI=1S/C16H25N3O3/c20-16(21)13-3-7-19(8-4-13)14(15-2-1-11-22-15)12-18-9-5-17-6-10-18/h1-2,11,13-14,17H,3-10,12H2,(H,20,21). The Morgan fingerprint density at radius 2 is 2.05 bits per heavy atom. The van der Waals surface area contributed by atoms with Crippen molar-refractivity contribution in [3.63, 3.8) is 0 Å². The number of nitrogens with one attached hydrogen (secondary N) is 1. The van der Waals surface area contributed by atoms with Gasteiger partial charge in [-0.25, -0.2) is 0 Å². The maximum absolute atomic E-state index is 11.1. The summed E-state index contributed by atoms with van der Waals surface area (Å²) in [7, 11) is 0. The quantitative estimate of drug-likeness (QED) is 0.846. The Kier molecular flexibility index (Phi) is 5.12. The van der Waals surface area contributed by atoms with Crippen LogP contribution >= 0.6 is 0 Å². The summed E-state index contributed by atoms with van der Waals surface area (Å²) in [5.41, 5.74) is 0. The molecule has 2 aliphatic heterocycles. The first-order chi connectivity index (χ1) is 10.7. The van der Waals surface area contributed by atoms with Gasteiger partial charge in [-0.05, 0) is 38.1 Å². The number of hydrogen-bond donors (Lipinski definition) is 2. The maximum Gasteiger partial charge on any atom is 0.306 e. The number of carboxylic acids is 1. The lowest BCUT2D eigenvalue weighted by Crippen LogP contribution is -2.48. The summed E-state index contributed by atoms with van der Waals surface area (Å²) in [6, 6.07) is 4.20. The number of rotatable bonds is 5. The highest BCUT2D eigenvalue weighted by Gasteiger charge is 2.31. The van der Waals surface area contributed by atoms with E-state index in [-0.39, 0.29) is 12.0 Å². The van der Waals surface area contributed by atoms with E-state index in [1.807, 2.05) is 12.1 Å². The van der Waals surface area contributed by atoms with E-state index in [0.29, 0.717) is 0 Å². The topological polar surface area (TPSA) is 69.0 Å². The van der Waals surface area contributed by atoms with Crippen LogP contribution in [0.2, 0.25) is 0 Å². The normalized spacial score (nSPS) is 23.5. The highest BCUT2D eigenvalue weighted by Crippen LogP contribution is 2.28. The molecule has 6 nitrogen and oxygen atoms in total. The zero-order chi connectivity index (χ0) is 15.4. The van der Waals surface area contributed by atoms with Gasteiger partial charge in [-0.2, -0.15) is 0 Å². The number of piperidine rings is 1. The molecule has 1 unspecified atom stereocenters. The molecule has 3 heterocycles. The third-order valence-corrected chi connectivity index (χ3v) is 4.83. The molecule has 2 N–H and O–H groups in total. The van der Waals surface area contributed by atoms with Crippen LogP contribution in [-0.2, 0) is 4.79 Å². The van der Waals surface area contributed by atoms with E-state index in [9.17, 15) is 4.79 Å². The lowest BCUT2D eigenvalue weighted by molar-refractivity contribution is -0.143. The number of likely N-dealkylation sites (tertiary alicyclic amines) is 1. The second kappa shape index (κ2) is 7.26. The van der Waals surface area contributed by atoms with Crippen molar-refractivity contribution >= 4 is 5.97 Å². The van der Waals surface area contributed by atoms with Gasteiger partial charge >= 0.3 is 5.97 Å². The number of piperazine rings is 1. The molecule has 1 aromatic heterocycles. The number of aliphatic carboxylic acids is 1. The molecule has 2 saturated heterocycles. The minimum absolute atomic E-state index is 0.187. The van der Waals surface area contributed by atoms with Crippen molar-refractivity contribution in [2.75, 3.05) is 45.8 Å². The molecule has 6 heteroatoms. The molecule has 0 bridgehead atoms. The number of hydrogen-bond acceptors (Lipinski definition) is 5. The zero-order valence-corrected chi connectivity index (χ0v) is 12.9. The van der Waals surface area contributed by atoms with Crippen molar-refractivity contribution in [1.29, 1.82) is 0 Å². The number of carboxylic acid groups (broad SMARTS) is 1. The first-order valence-electron chi connectivity index (χ1n) is 8.17. The Balaban J connectivity index is 1.65. The number of nitrogens with zero attached hydrogens (tertiary/aromatic N) is 2. The van der Waals surface area contributed by atoms with Crippen LogP contribution in [0.15, 0.2) is 22.8 Å². The lowest BCUT2D eigenvalue weighted by Gasteiger charge is -2.39. The summed E-state index contributed by atoms with van der Waals surface area (Å²) in [6.45, 7) is 6.79. The van der Waals surface area contributed by atoms with Gasteiger partial charge in [0, 0.05) is 32.7 Å². The summed E-state index contributed by atoms with van der Waals surface area (Å²) in [6.07, 6.45) is 3.19. The molecule has 0 radical (unpaired) electrons. The van der Waals surface area contributed by atoms with Crippen LogP contribution in [0.3, 0.4) is 0 Å². The Bertz CT molecular complexity index is 463. The third-order valence-electron chi connectivity index (χ3n) is 4.83. The summed E-state index contributed by atoms with van der Waals surface area (Å²) in [5, 5.41) is 12.5. The third kappa shape index (κ3) is 3.69. The van der Waals surface area contributed by atoms with Gasteiger partial charge in [0.15, 0.2) is 0 Å². The van der Waals surface area contributed by atoms with Crippen molar-refractivity contribution in [3.05, 3.63) is 24.2 Å². The molecule has 0 aromatic carbocycles. The summed E-state index contributed by atoms with van der Waals surface area (Å²) >= 11 is 0. The zero-order valence-electron chi connectivity index (χ0n) is 12.9. The highest BCUT2D eigenvalue weighted by molar-refractivity contribution is 5.70. The van der Waals surface area contributed by atoms with E-state index in [4.69, 9.17) is 9.52 Å². The largest absolute Gasteiger partial charge is 0.481 e. The molecule has 1 atom stereocenters. The summed E-state index contributed by atoms with van der Waals surface area (Å²) < 4.78 is 5.66. The molecule has 1 aromatic rings. The van der Waals surface area contributed by atoms with Gasteiger partial charge < -0.3 is 14.8 Å². The SMILES string of the molecule is O=C(O)C1CCN(C(CN2CCNCC2)c2ccco2)CC1. The van der Waals surface area contributed by atoms with Gasteiger partial charge in [0.05, 0.1) is 18.2 Å². The van der Waals surface area contributed by atoms with E-state index in [2.05, 4.69) is 15.1 Å². The lowest BCUT2D eigenvalue weighted by atomic mass is 9.95. The monoisotopic (exact) mass is 307 g/mol. The van der Waals surface area contributed by atoms with Crippen LogP contribution in [0.1, 0.15) is 24.6 Å². The van der Waals surface area contributed by atoms with Crippen LogP contribution in [0.4, 0.5) is 0 Å². The Labute approximate surface area is 131 Å². The molecule has 2 fully saturated rings. The van der Waals surface area contributed by atoms with Crippen LogP contribution in [-0.4, -0.2) is 66.7 Å². The van der Waals surface area contributed by atoms with Crippen molar-refractivity contribution in [1.82, 2.24) is 15.1 Å². The Morgan fingerprint density at radius 3 is 2.64 bits per heavy atom. The molecule has 22 heavy (non-hydrogen) atoms. The van der Waals surface area contributed by atoms with Crippen molar-refractivity contribution < 1.29 is 14.3 Å². The highest BCUT2D eigenvalue weighted by atomic mass is 16.4. The van der Waals surface area contributed by atoms with Crippen molar-refractivity contribution in [3.8, 4) is 0 Å². The fourth-order valence-corrected chi connectivity index (χ4v) is 3.46. The minimum atomic E-state index is -0.656. The average Bonchev–Trinajstić information content (AvgIpc) is 3.08. The number of carbonyl (C=O) groups is 1. The fraction of sp³-hybridized carbons (Fsp3) is 0.688. The van der Waals surface area contributed by atoms with Crippen LogP contribution < -0.4 is 5.32 Å². The van der Waals surface area contributed by atoms with Crippen LogP contribution in [0.5, 0.6) is 0 Å². The smallest absolute Gasteiger partial charge is 0.306 e. The van der Waals surface area contributed by atoms with E-state index in [1.54, 1.807) is 6.26 Å². The summed E-state index contributed by atoms with van der Waals surface area (Å²) in [4.78, 5) is 16.0. The van der Waals surface area contributed by atoms with Crippen molar-refractivity contribution in [2.45, 2.75) is 18.9 Å². The van der Waals surface area contributed by atoms with Gasteiger partial charge in [0.2, 0.25) is 0 Å². The summed E-state index contributed by atoms with van der Waals surface area (Å²) in [5.74, 6) is 0.149. The predicted molar refractivity (Wildman–Crippen MR) is 82.7 cm³/mol. The molecule has 3 rings (SSSR count). The maximum atomic E-state index is 11.1. The first kappa shape index (κ1) is 15.5. The van der Waals surface area contributed by atoms with E-state index >= 15 is 0 Å². The molecular weight excluding hydrogens is 282 g/mol. The molecular formula is C16H25N3O3. The van der Waals surface area contributed by atoms with Crippen LogP contribution in [0.25, 0.3) is 0 Å². The average molecular weight is 307 g/mol. The molecule has 2 aliphatic rings. The van der Waals surface area contributed by atoms with E-state index in [1.165, 1.54) is 0 Å². The Hall–Kier alpha value is -1.37. The fourth-order valence-electron chi connectivity index (χ4n) is 3.46. The molecule has 0 spiro atoms. The van der Waals surface area contributed by atoms with Gasteiger partial charge in [-0.15, -0.1) is 0 Å². The Morgan fingerprint density at radius 1 is 1.32 bits per heavy atom. The van der Waals surface area contributed by atoms with Gasteiger partial charge in [0.25, 0.3) is 0 Å². The second-order valence-corrected chi connectivity index (χ2v) is 6.23. The second-order valence-electron chi connectivity index (χ2n) is 6.23. The molecule has 0 aliphatic carbocycles. The van der Waals surface area contributed by atoms with Crippen LogP contribution in [0, 0.1) is 5.92 Å². The number of furan rings is 1. The predicted octanol–water partition coefficient (Wildman–Crippen LogP) is 1.02. The van der Waals surface area contributed by atoms with E-state index < -0.39 is 5.97 Å². The first-order valence-corrected chi connectivity index (χ1v) is 8.17. The van der Waals surface area contributed by atoms with E-state index in [0.717, 1.165) is 64.4 Å². The van der Waals surface area contributed by atoms with Gasteiger partial charge in [-0.1, -0.05) is 0 Å². The molecule has 0 saturated carbocycles. The minimum Gasteiger partial charge on any atom is -0.481 e.